The summed E-state index contributed by atoms with van der Waals surface area (Å²) in [5.74, 6) is -0.625. The van der Waals surface area contributed by atoms with E-state index in [1.807, 2.05) is 36.0 Å². The molecular formula is C23H17ClN4O3. The Balaban J connectivity index is 1.52. The van der Waals surface area contributed by atoms with Gasteiger partial charge in [-0.2, -0.15) is 4.98 Å². The first kappa shape index (κ1) is 19.1. The Labute approximate surface area is 181 Å². The van der Waals surface area contributed by atoms with Crippen LogP contribution in [-0.2, 0) is 7.05 Å². The van der Waals surface area contributed by atoms with Crippen LogP contribution in [0.25, 0.3) is 33.2 Å². The molecule has 8 heteroatoms. The van der Waals surface area contributed by atoms with Gasteiger partial charge in [-0.3, -0.25) is 0 Å². The lowest BCUT2D eigenvalue weighted by atomic mass is 10.1. The van der Waals surface area contributed by atoms with Crippen molar-refractivity contribution in [3.8, 4) is 22.9 Å². The van der Waals surface area contributed by atoms with E-state index in [0.717, 1.165) is 22.2 Å². The molecule has 0 saturated carbocycles. The van der Waals surface area contributed by atoms with Crippen LogP contribution in [0.4, 0.5) is 0 Å². The molecule has 5 rings (SSSR count). The second-order valence-corrected chi connectivity index (χ2v) is 7.75. The van der Waals surface area contributed by atoms with Crippen LogP contribution in [0.2, 0.25) is 5.02 Å². The molecule has 2 aromatic carbocycles. The van der Waals surface area contributed by atoms with Crippen LogP contribution in [0.5, 0.6) is 11.8 Å². The van der Waals surface area contributed by atoms with E-state index in [-0.39, 0.29) is 11.6 Å². The summed E-state index contributed by atoms with van der Waals surface area (Å²) >= 11 is 6.55. The number of carboxylic acids is 1. The minimum Gasteiger partial charge on any atom is -0.478 e. The number of H-pyrrole nitrogens is 1. The van der Waals surface area contributed by atoms with Crippen LogP contribution in [0, 0.1) is 6.92 Å². The summed E-state index contributed by atoms with van der Waals surface area (Å²) in [6, 6.07) is 12.8. The van der Waals surface area contributed by atoms with E-state index in [2.05, 4.69) is 15.0 Å². The van der Waals surface area contributed by atoms with Gasteiger partial charge in [0.2, 0.25) is 0 Å². The van der Waals surface area contributed by atoms with Crippen LogP contribution < -0.4 is 4.74 Å². The predicted octanol–water partition coefficient (Wildman–Crippen LogP) is 5.57. The lowest BCUT2D eigenvalue weighted by Gasteiger charge is -2.05. The molecule has 3 aromatic heterocycles. The molecule has 2 N–H and O–H groups in total. The average Bonchev–Trinajstić information content (AvgIpc) is 3.30. The molecule has 7 nitrogen and oxygen atoms in total. The van der Waals surface area contributed by atoms with E-state index >= 15 is 0 Å². The third-order valence-electron chi connectivity index (χ3n) is 5.22. The summed E-state index contributed by atoms with van der Waals surface area (Å²) in [5.41, 5.74) is 4.83. The van der Waals surface area contributed by atoms with E-state index in [9.17, 15) is 9.90 Å². The molecule has 31 heavy (non-hydrogen) atoms. The average molecular weight is 433 g/mol. The van der Waals surface area contributed by atoms with Gasteiger partial charge in [0.1, 0.15) is 11.4 Å². The van der Waals surface area contributed by atoms with Crippen molar-refractivity contribution in [2.24, 2.45) is 7.05 Å². The lowest BCUT2D eigenvalue weighted by molar-refractivity contribution is 0.0695. The third-order valence-corrected chi connectivity index (χ3v) is 5.53. The van der Waals surface area contributed by atoms with Gasteiger partial charge in [0.05, 0.1) is 21.6 Å². The number of aryl methyl sites for hydroxylation is 2. The Morgan fingerprint density at radius 3 is 2.84 bits per heavy atom. The van der Waals surface area contributed by atoms with E-state index < -0.39 is 5.97 Å². The molecule has 0 atom stereocenters. The van der Waals surface area contributed by atoms with Crippen LogP contribution in [0.15, 0.2) is 54.9 Å². The summed E-state index contributed by atoms with van der Waals surface area (Å²) in [6.45, 7) is 1.74. The summed E-state index contributed by atoms with van der Waals surface area (Å²) < 4.78 is 7.73. The number of aromatic nitrogens is 4. The van der Waals surface area contributed by atoms with E-state index in [4.69, 9.17) is 16.3 Å². The van der Waals surface area contributed by atoms with Gasteiger partial charge in [-0.05, 0) is 48.9 Å². The predicted molar refractivity (Wildman–Crippen MR) is 119 cm³/mol. The van der Waals surface area contributed by atoms with E-state index in [1.54, 1.807) is 31.3 Å². The number of hydrogen-bond donors (Lipinski definition) is 2. The first-order valence-electron chi connectivity index (χ1n) is 9.51. The normalized spacial score (nSPS) is 11.3. The number of nitrogens with zero attached hydrogens (tertiary/aromatic N) is 3. The second kappa shape index (κ2) is 7.14. The van der Waals surface area contributed by atoms with Crippen LogP contribution >= 0.6 is 11.6 Å². The summed E-state index contributed by atoms with van der Waals surface area (Å²) in [7, 11) is 1.95. The fourth-order valence-electron chi connectivity index (χ4n) is 3.59. The molecule has 0 radical (unpaired) electrons. The van der Waals surface area contributed by atoms with Gasteiger partial charge in [0.15, 0.2) is 0 Å². The Morgan fingerprint density at radius 2 is 2.03 bits per heavy atom. The van der Waals surface area contributed by atoms with Gasteiger partial charge in [0, 0.05) is 36.0 Å². The van der Waals surface area contributed by atoms with Gasteiger partial charge in [-0.25, -0.2) is 9.78 Å². The van der Waals surface area contributed by atoms with E-state index in [1.165, 1.54) is 6.07 Å². The smallest absolute Gasteiger partial charge is 0.336 e. The number of fused-ring (bicyclic) bond motifs is 2. The Morgan fingerprint density at radius 1 is 1.19 bits per heavy atom. The molecule has 0 amide bonds. The van der Waals surface area contributed by atoms with Crippen molar-refractivity contribution in [3.05, 3.63) is 71.0 Å². The van der Waals surface area contributed by atoms with Crippen LogP contribution in [-0.4, -0.2) is 30.6 Å². The Bertz CT molecular complexity index is 1490. The SMILES string of the molecule is Cc1ccc(Oc2nc3cc(-c4cnc5c(ccn5C)c4)c(Cl)cc3[nH]2)cc1C(=O)O. The minimum atomic E-state index is -1.01. The van der Waals surface area contributed by atoms with Crippen molar-refractivity contribution in [1.29, 1.82) is 0 Å². The molecule has 0 fully saturated rings. The maximum absolute atomic E-state index is 11.4. The lowest BCUT2D eigenvalue weighted by Crippen LogP contribution is -2.00. The number of ether oxygens (including phenoxy) is 1. The number of benzene rings is 2. The fraction of sp³-hybridized carbons (Fsp3) is 0.0870. The number of carbonyl (C=O) groups is 1. The molecule has 0 bridgehead atoms. The zero-order chi connectivity index (χ0) is 21.7. The second-order valence-electron chi connectivity index (χ2n) is 7.34. The van der Waals surface area contributed by atoms with Gasteiger partial charge in [-0.1, -0.05) is 17.7 Å². The molecule has 0 saturated heterocycles. The molecule has 0 unspecified atom stereocenters. The molecule has 0 aliphatic carbocycles. The first-order valence-corrected chi connectivity index (χ1v) is 9.89. The number of aromatic carboxylic acids is 1. The van der Waals surface area contributed by atoms with Crippen molar-refractivity contribution in [3.63, 3.8) is 0 Å². The molecule has 0 spiro atoms. The zero-order valence-electron chi connectivity index (χ0n) is 16.7. The first-order chi connectivity index (χ1) is 14.9. The molecule has 154 valence electrons. The minimum absolute atomic E-state index is 0.183. The number of pyridine rings is 1. The summed E-state index contributed by atoms with van der Waals surface area (Å²) in [5, 5.41) is 10.9. The van der Waals surface area contributed by atoms with Crippen LogP contribution in [0.1, 0.15) is 15.9 Å². The number of hydrogen-bond acceptors (Lipinski definition) is 4. The summed E-state index contributed by atoms with van der Waals surface area (Å²) in [4.78, 5) is 23.5. The van der Waals surface area contributed by atoms with Gasteiger partial charge in [0.25, 0.3) is 6.01 Å². The van der Waals surface area contributed by atoms with Crippen molar-refractivity contribution in [2.75, 3.05) is 0 Å². The molecule has 5 aromatic rings. The van der Waals surface area contributed by atoms with Crippen molar-refractivity contribution < 1.29 is 14.6 Å². The number of nitrogens with one attached hydrogen (secondary N) is 1. The standard InChI is InChI=1S/C23H17ClN4O3/c1-12-3-4-15(8-16(12)22(29)30)31-23-26-19-9-17(18(24)10-20(19)27-23)14-7-13-5-6-28(2)21(13)25-11-14/h3-11H,1-2H3,(H,26,27)(H,29,30). The molecular weight excluding hydrogens is 416 g/mol. The van der Waals surface area contributed by atoms with Crippen LogP contribution in [0.3, 0.4) is 0 Å². The highest BCUT2D eigenvalue weighted by Crippen LogP contribution is 2.34. The van der Waals surface area contributed by atoms with Crippen molar-refractivity contribution in [2.45, 2.75) is 6.92 Å². The Hall–Kier alpha value is -3.84. The quantitative estimate of drug-likeness (QED) is 0.387. The number of imidazole rings is 1. The van der Waals surface area contributed by atoms with E-state index in [0.29, 0.717) is 27.4 Å². The van der Waals surface area contributed by atoms with Gasteiger partial charge in [-0.15, -0.1) is 0 Å². The van der Waals surface area contributed by atoms with Gasteiger partial charge < -0.3 is 19.4 Å². The third kappa shape index (κ3) is 3.39. The number of halogens is 1. The highest BCUT2D eigenvalue weighted by atomic mass is 35.5. The highest BCUT2D eigenvalue weighted by molar-refractivity contribution is 6.34. The summed E-state index contributed by atoms with van der Waals surface area (Å²) in [6.07, 6.45) is 3.75. The number of aromatic amines is 1. The Kier molecular flexibility index (Phi) is 4.41. The largest absolute Gasteiger partial charge is 0.478 e. The maximum Gasteiger partial charge on any atom is 0.336 e. The van der Waals surface area contributed by atoms with Crippen molar-refractivity contribution >= 4 is 39.6 Å². The fourth-order valence-corrected chi connectivity index (χ4v) is 3.86. The highest BCUT2D eigenvalue weighted by Gasteiger charge is 2.14. The number of rotatable bonds is 4. The molecule has 0 aliphatic heterocycles. The topological polar surface area (TPSA) is 93.0 Å². The van der Waals surface area contributed by atoms with Gasteiger partial charge >= 0.3 is 5.97 Å². The maximum atomic E-state index is 11.4. The number of carboxylic acid groups (broad SMARTS) is 1. The zero-order valence-corrected chi connectivity index (χ0v) is 17.4. The molecule has 3 heterocycles. The monoisotopic (exact) mass is 432 g/mol. The van der Waals surface area contributed by atoms with Crippen molar-refractivity contribution in [1.82, 2.24) is 19.5 Å². The molecule has 0 aliphatic rings.